The molecule has 3 aromatic carbocycles. The van der Waals surface area contributed by atoms with Gasteiger partial charge in [-0.2, -0.15) is 0 Å². The normalized spacial score (nSPS) is 11.1. The molecule has 0 radical (unpaired) electrons. The molecule has 0 spiro atoms. The van der Waals surface area contributed by atoms with E-state index in [0.717, 1.165) is 24.3 Å². The van der Waals surface area contributed by atoms with Gasteiger partial charge in [0.25, 0.3) is 15.9 Å². The molecular formula is C21H18F2N2O3S. The molecule has 0 aliphatic heterocycles. The van der Waals surface area contributed by atoms with Crippen LogP contribution >= 0.6 is 0 Å². The Kier molecular flexibility index (Phi) is 5.93. The maximum absolute atomic E-state index is 13.8. The summed E-state index contributed by atoms with van der Waals surface area (Å²) in [5.74, 6) is -1.26. The molecule has 0 saturated heterocycles. The van der Waals surface area contributed by atoms with Crippen molar-refractivity contribution in [1.82, 2.24) is 4.90 Å². The Labute approximate surface area is 167 Å². The largest absolute Gasteiger partial charge is 0.337 e. The van der Waals surface area contributed by atoms with Crippen LogP contribution < -0.4 is 4.72 Å². The second kappa shape index (κ2) is 8.40. The van der Waals surface area contributed by atoms with Gasteiger partial charge in [0.15, 0.2) is 0 Å². The third-order valence-corrected chi connectivity index (χ3v) is 5.62. The van der Waals surface area contributed by atoms with E-state index in [4.69, 9.17) is 0 Å². The number of amides is 1. The molecule has 3 aromatic rings. The fourth-order valence-electron chi connectivity index (χ4n) is 2.68. The highest BCUT2D eigenvalue weighted by Gasteiger charge is 2.16. The zero-order valence-electron chi connectivity index (χ0n) is 15.5. The molecule has 0 aliphatic carbocycles. The SMILES string of the molecule is CN(Cc1ccccc1F)C(=O)c1ccc(NS(=O)(=O)c2ccc(F)cc2)cc1. The number of hydrogen-bond donors (Lipinski definition) is 1. The molecule has 8 heteroatoms. The lowest BCUT2D eigenvalue weighted by Crippen LogP contribution is -2.26. The van der Waals surface area contributed by atoms with E-state index < -0.39 is 21.7 Å². The van der Waals surface area contributed by atoms with Crippen molar-refractivity contribution >= 4 is 21.6 Å². The summed E-state index contributed by atoms with van der Waals surface area (Å²) in [4.78, 5) is 13.8. The summed E-state index contributed by atoms with van der Waals surface area (Å²) in [5, 5.41) is 0. The Morgan fingerprint density at radius 1 is 0.931 bits per heavy atom. The Morgan fingerprint density at radius 2 is 1.55 bits per heavy atom. The molecular weight excluding hydrogens is 398 g/mol. The zero-order valence-corrected chi connectivity index (χ0v) is 16.3. The van der Waals surface area contributed by atoms with Gasteiger partial charge in [-0.1, -0.05) is 18.2 Å². The van der Waals surface area contributed by atoms with Crippen molar-refractivity contribution in [3.05, 3.63) is 95.6 Å². The van der Waals surface area contributed by atoms with Gasteiger partial charge in [-0.15, -0.1) is 0 Å². The average molecular weight is 416 g/mol. The van der Waals surface area contributed by atoms with Gasteiger partial charge in [-0.25, -0.2) is 17.2 Å². The second-order valence-corrected chi connectivity index (χ2v) is 8.07. The fourth-order valence-corrected chi connectivity index (χ4v) is 3.74. The molecule has 1 N–H and O–H groups in total. The van der Waals surface area contributed by atoms with E-state index in [-0.39, 0.29) is 23.0 Å². The predicted molar refractivity (Wildman–Crippen MR) is 106 cm³/mol. The number of nitrogens with zero attached hydrogens (tertiary/aromatic N) is 1. The monoisotopic (exact) mass is 416 g/mol. The number of hydrogen-bond acceptors (Lipinski definition) is 3. The van der Waals surface area contributed by atoms with Crippen LogP contribution in [0, 0.1) is 11.6 Å². The first-order valence-electron chi connectivity index (χ1n) is 8.63. The first-order valence-corrected chi connectivity index (χ1v) is 10.1. The van der Waals surface area contributed by atoms with Crippen LogP contribution in [-0.4, -0.2) is 26.3 Å². The minimum absolute atomic E-state index is 0.0799. The van der Waals surface area contributed by atoms with Crippen LogP contribution in [0.4, 0.5) is 14.5 Å². The third-order valence-electron chi connectivity index (χ3n) is 4.22. The topological polar surface area (TPSA) is 66.5 Å². The number of halogens is 2. The standard InChI is InChI=1S/C21H18F2N2O3S/c1-25(14-16-4-2-3-5-20(16)23)21(26)15-6-10-18(11-7-15)24-29(27,28)19-12-8-17(22)9-13-19/h2-13,24H,14H2,1H3. The number of carbonyl (C=O) groups is 1. The van der Waals surface area contributed by atoms with Gasteiger partial charge >= 0.3 is 0 Å². The Balaban J connectivity index is 1.70. The minimum Gasteiger partial charge on any atom is -0.337 e. The smallest absolute Gasteiger partial charge is 0.261 e. The van der Waals surface area contributed by atoms with E-state index in [1.165, 1.54) is 35.2 Å². The molecule has 5 nitrogen and oxygen atoms in total. The van der Waals surface area contributed by atoms with Crippen molar-refractivity contribution in [3.8, 4) is 0 Å². The van der Waals surface area contributed by atoms with E-state index in [1.807, 2.05) is 0 Å². The number of nitrogens with one attached hydrogen (secondary N) is 1. The fraction of sp³-hybridized carbons (Fsp3) is 0.0952. The van der Waals surface area contributed by atoms with Crippen LogP contribution in [-0.2, 0) is 16.6 Å². The van der Waals surface area contributed by atoms with E-state index in [2.05, 4.69) is 4.72 Å². The van der Waals surface area contributed by atoms with Crippen LogP contribution in [0.25, 0.3) is 0 Å². The number of anilines is 1. The van der Waals surface area contributed by atoms with Crippen molar-refractivity contribution in [3.63, 3.8) is 0 Å². The van der Waals surface area contributed by atoms with Crippen LogP contribution in [0.2, 0.25) is 0 Å². The van der Waals surface area contributed by atoms with Gasteiger partial charge in [0.2, 0.25) is 0 Å². The highest BCUT2D eigenvalue weighted by atomic mass is 32.2. The molecule has 0 heterocycles. The quantitative estimate of drug-likeness (QED) is 0.660. The van der Waals surface area contributed by atoms with Crippen molar-refractivity contribution in [2.24, 2.45) is 0 Å². The number of sulfonamides is 1. The first-order chi connectivity index (χ1) is 13.8. The Hall–Kier alpha value is -3.26. The van der Waals surface area contributed by atoms with Crippen LogP contribution in [0.5, 0.6) is 0 Å². The molecule has 1 amide bonds. The summed E-state index contributed by atoms with van der Waals surface area (Å²) >= 11 is 0. The van der Waals surface area contributed by atoms with E-state index in [9.17, 15) is 22.0 Å². The van der Waals surface area contributed by atoms with Crippen molar-refractivity contribution < 1.29 is 22.0 Å². The van der Waals surface area contributed by atoms with Crippen molar-refractivity contribution in [2.75, 3.05) is 11.8 Å². The van der Waals surface area contributed by atoms with Gasteiger partial charge in [-0.05, 0) is 54.6 Å². The zero-order chi connectivity index (χ0) is 21.0. The molecule has 0 unspecified atom stereocenters. The van der Waals surface area contributed by atoms with Crippen molar-refractivity contribution in [1.29, 1.82) is 0 Å². The molecule has 0 atom stereocenters. The minimum atomic E-state index is -3.88. The lowest BCUT2D eigenvalue weighted by Gasteiger charge is -2.18. The Bertz CT molecular complexity index is 1120. The van der Waals surface area contributed by atoms with Crippen LogP contribution in [0.3, 0.4) is 0 Å². The maximum Gasteiger partial charge on any atom is 0.261 e. The van der Waals surface area contributed by atoms with Gasteiger partial charge in [0, 0.05) is 30.4 Å². The lowest BCUT2D eigenvalue weighted by atomic mass is 10.1. The molecule has 0 fully saturated rings. The van der Waals surface area contributed by atoms with E-state index >= 15 is 0 Å². The number of benzene rings is 3. The lowest BCUT2D eigenvalue weighted by molar-refractivity contribution is 0.0784. The Morgan fingerprint density at radius 3 is 2.17 bits per heavy atom. The summed E-state index contributed by atoms with van der Waals surface area (Å²) in [5.41, 5.74) is 0.975. The van der Waals surface area contributed by atoms with Gasteiger partial charge in [0.1, 0.15) is 11.6 Å². The molecule has 0 aliphatic rings. The van der Waals surface area contributed by atoms with Gasteiger partial charge in [0.05, 0.1) is 4.90 Å². The van der Waals surface area contributed by atoms with Gasteiger partial charge < -0.3 is 4.90 Å². The highest BCUT2D eigenvalue weighted by molar-refractivity contribution is 7.92. The summed E-state index contributed by atoms with van der Waals surface area (Å²) in [6, 6.07) is 16.5. The van der Waals surface area contributed by atoms with E-state index in [0.29, 0.717) is 11.1 Å². The van der Waals surface area contributed by atoms with Gasteiger partial charge in [-0.3, -0.25) is 9.52 Å². The molecule has 0 aromatic heterocycles. The number of rotatable bonds is 6. The third kappa shape index (κ3) is 4.97. The molecule has 0 bridgehead atoms. The average Bonchev–Trinajstić information content (AvgIpc) is 2.70. The van der Waals surface area contributed by atoms with Crippen LogP contribution in [0.1, 0.15) is 15.9 Å². The van der Waals surface area contributed by atoms with Crippen LogP contribution in [0.15, 0.2) is 77.7 Å². The summed E-state index contributed by atoms with van der Waals surface area (Å²) < 4.78 is 53.8. The summed E-state index contributed by atoms with van der Waals surface area (Å²) in [6.45, 7) is 0.102. The maximum atomic E-state index is 13.8. The number of carbonyl (C=O) groups excluding carboxylic acids is 1. The molecule has 150 valence electrons. The second-order valence-electron chi connectivity index (χ2n) is 6.39. The summed E-state index contributed by atoms with van der Waals surface area (Å²) in [6.07, 6.45) is 0. The first kappa shape index (κ1) is 20.5. The summed E-state index contributed by atoms with van der Waals surface area (Å²) in [7, 11) is -2.32. The molecule has 0 saturated carbocycles. The predicted octanol–water partition coefficient (Wildman–Crippen LogP) is 4.04. The van der Waals surface area contributed by atoms with Crippen molar-refractivity contribution in [2.45, 2.75) is 11.4 Å². The van der Waals surface area contributed by atoms with E-state index in [1.54, 1.807) is 25.2 Å². The molecule has 29 heavy (non-hydrogen) atoms. The molecule has 3 rings (SSSR count). The highest BCUT2D eigenvalue weighted by Crippen LogP contribution is 2.18.